The quantitative estimate of drug-likeness (QED) is 0.830. The van der Waals surface area contributed by atoms with Crippen molar-refractivity contribution in [1.29, 1.82) is 0 Å². The Labute approximate surface area is 108 Å². The molecule has 18 heavy (non-hydrogen) atoms. The summed E-state index contributed by atoms with van der Waals surface area (Å²) in [6.45, 7) is 2.23. The predicted molar refractivity (Wildman–Crippen MR) is 68.9 cm³/mol. The number of aliphatic hydroxyl groups is 1. The molecule has 1 aromatic carbocycles. The van der Waals surface area contributed by atoms with Crippen molar-refractivity contribution in [3.05, 3.63) is 23.8 Å². The van der Waals surface area contributed by atoms with Crippen molar-refractivity contribution in [2.24, 2.45) is 5.92 Å². The van der Waals surface area contributed by atoms with E-state index in [2.05, 4.69) is 6.92 Å². The number of fused-ring (bicyclic) bond motifs is 1. The number of rotatable bonds is 1. The molecule has 1 aliphatic carbocycles. The first-order valence-corrected chi connectivity index (χ1v) is 6.70. The number of aliphatic hydroxyl groups excluding tert-OH is 1. The predicted octanol–water partition coefficient (Wildman–Crippen LogP) is 3.07. The molecule has 1 aromatic rings. The molecule has 3 atom stereocenters. The normalized spacial score (nSPS) is 34.2. The maximum Gasteiger partial charge on any atom is 0.129 e. The molecular weight excluding hydrogens is 228 g/mol. The Bertz CT molecular complexity index is 457. The van der Waals surface area contributed by atoms with E-state index in [4.69, 9.17) is 9.47 Å². The van der Waals surface area contributed by atoms with Crippen LogP contribution in [0.1, 0.15) is 44.3 Å². The highest BCUT2D eigenvalue weighted by molar-refractivity contribution is 5.44. The lowest BCUT2D eigenvalue weighted by atomic mass is 9.82. The molecule has 1 heterocycles. The molecule has 0 radical (unpaired) electrons. The zero-order valence-corrected chi connectivity index (χ0v) is 11.0. The molecule has 3 nitrogen and oxygen atoms in total. The minimum atomic E-state index is -0.416. The van der Waals surface area contributed by atoms with Gasteiger partial charge in [-0.05, 0) is 37.3 Å². The molecule has 3 heteroatoms. The summed E-state index contributed by atoms with van der Waals surface area (Å²) in [6, 6.07) is 5.68. The van der Waals surface area contributed by atoms with Gasteiger partial charge in [0.2, 0.25) is 0 Å². The van der Waals surface area contributed by atoms with Crippen LogP contribution < -0.4 is 9.47 Å². The maximum atomic E-state index is 10.3. The molecule has 0 aromatic heterocycles. The Balaban J connectivity index is 1.99. The third kappa shape index (κ3) is 1.69. The average Bonchev–Trinajstić information content (AvgIpc) is 2.69. The molecule has 1 spiro atoms. The van der Waals surface area contributed by atoms with Gasteiger partial charge in [-0.1, -0.05) is 6.92 Å². The molecule has 2 aliphatic rings. The van der Waals surface area contributed by atoms with Crippen LogP contribution in [-0.4, -0.2) is 17.8 Å². The standard InChI is InChI=1S/C15H20O3/c1-10-4-3-7-15(10)9-13(16)12-6-5-11(17-2)8-14(12)18-15/h5-6,8,10,13,16H,3-4,7,9H2,1-2H3. The van der Waals surface area contributed by atoms with Gasteiger partial charge in [0.25, 0.3) is 0 Å². The highest BCUT2D eigenvalue weighted by atomic mass is 16.5. The van der Waals surface area contributed by atoms with Crippen LogP contribution in [0.15, 0.2) is 18.2 Å². The van der Waals surface area contributed by atoms with Crippen LogP contribution in [0.4, 0.5) is 0 Å². The summed E-state index contributed by atoms with van der Waals surface area (Å²) in [5.74, 6) is 2.08. The molecule has 0 saturated heterocycles. The highest BCUT2D eigenvalue weighted by Gasteiger charge is 2.47. The zero-order valence-electron chi connectivity index (χ0n) is 11.0. The number of hydrogen-bond acceptors (Lipinski definition) is 3. The van der Waals surface area contributed by atoms with E-state index in [9.17, 15) is 5.11 Å². The van der Waals surface area contributed by atoms with Gasteiger partial charge in [-0.15, -0.1) is 0 Å². The molecule has 1 saturated carbocycles. The van der Waals surface area contributed by atoms with Crippen LogP contribution in [0, 0.1) is 5.92 Å². The minimum absolute atomic E-state index is 0.168. The lowest BCUT2D eigenvalue weighted by Gasteiger charge is -2.41. The van der Waals surface area contributed by atoms with E-state index < -0.39 is 6.10 Å². The van der Waals surface area contributed by atoms with Gasteiger partial charge in [-0.3, -0.25) is 0 Å². The van der Waals surface area contributed by atoms with E-state index in [0.29, 0.717) is 12.3 Å². The van der Waals surface area contributed by atoms with Gasteiger partial charge >= 0.3 is 0 Å². The largest absolute Gasteiger partial charge is 0.497 e. The summed E-state index contributed by atoms with van der Waals surface area (Å²) < 4.78 is 11.5. The number of benzene rings is 1. The number of hydrogen-bond donors (Lipinski definition) is 1. The first-order valence-electron chi connectivity index (χ1n) is 6.70. The SMILES string of the molecule is COc1ccc2c(c1)OC1(CCCC1C)CC2O. The molecular formula is C15H20O3. The van der Waals surface area contributed by atoms with Crippen molar-refractivity contribution in [3.8, 4) is 11.5 Å². The lowest BCUT2D eigenvalue weighted by Crippen LogP contribution is -2.43. The van der Waals surface area contributed by atoms with Gasteiger partial charge in [0, 0.05) is 18.1 Å². The summed E-state index contributed by atoms with van der Waals surface area (Å²) in [6.07, 6.45) is 3.72. The van der Waals surface area contributed by atoms with Gasteiger partial charge in [0.1, 0.15) is 17.1 Å². The number of ether oxygens (including phenoxy) is 2. The minimum Gasteiger partial charge on any atom is -0.497 e. The highest BCUT2D eigenvalue weighted by Crippen LogP contribution is 2.50. The second-order valence-electron chi connectivity index (χ2n) is 5.58. The summed E-state index contributed by atoms with van der Waals surface area (Å²) in [5, 5.41) is 10.3. The summed E-state index contributed by atoms with van der Waals surface area (Å²) in [5.41, 5.74) is 0.721. The van der Waals surface area contributed by atoms with Crippen LogP contribution in [0.2, 0.25) is 0 Å². The van der Waals surface area contributed by atoms with Crippen molar-refractivity contribution >= 4 is 0 Å². The van der Waals surface area contributed by atoms with E-state index in [1.54, 1.807) is 7.11 Å². The molecule has 1 aliphatic heterocycles. The fourth-order valence-corrected chi connectivity index (χ4v) is 3.38. The molecule has 3 rings (SSSR count). The van der Waals surface area contributed by atoms with Crippen LogP contribution in [0.5, 0.6) is 11.5 Å². The lowest BCUT2D eigenvalue weighted by molar-refractivity contribution is -0.0357. The second-order valence-corrected chi connectivity index (χ2v) is 5.58. The van der Waals surface area contributed by atoms with Crippen LogP contribution in [0.25, 0.3) is 0 Å². The molecule has 0 amide bonds. The third-order valence-corrected chi connectivity index (χ3v) is 4.57. The fourth-order valence-electron chi connectivity index (χ4n) is 3.38. The van der Waals surface area contributed by atoms with Crippen molar-refractivity contribution < 1.29 is 14.6 Å². The van der Waals surface area contributed by atoms with Crippen molar-refractivity contribution in [1.82, 2.24) is 0 Å². The van der Waals surface area contributed by atoms with Crippen LogP contribution >= 0.6 is 0 Å². The van der Waals surface area contributed by atoms with Crippen LogP contribution in [-0.2, 0) is 0 Å². The van der Waals surface area contributed by atoms with Gasteiger partial charge in [-0.25, -0.2) is 0 Å². The number of methoxy groups -OCH3 is 1. The Kier molecular flexibility index (Phi) is 2.74. The van der Waals surface area contributed by atoms with E-state index in [1.165, 1.54) is 12.8 Å². The molecule has 1 fully saturated rings. The Morgan fingerprint density at radius 1 is 1.44 bits per heavy atom. The van der Waals surface area contributed by atoms with Gasteiger partial charge < -0.3 is 14.6 Å². The maximum absolute atomic E-state index is 10.3. The second kappa shape index (κ2) is 4.16. The topological polar surface area (TPSA) is 38.7 Å². The van der Waals surface area contributed by atoms with E-state index in [-0.39, 0.29) is 5.60 Å². The zero-order chi connectivity index (χ0) is 12.8. The molecule has 98 valence electrons. The molecule has 0 bridgehead atoms. The van der Waals surface area contributed by atoms with Crippen molar-refractivity contribution in [2.75, 3.05) is 7.11 Å². The fraction of sp³-hybridized carbons (Fsp3) is 0.600. The first kappa shape index (κ1) is 11.8. The van der Waals surface area contributed by atoms with E-state index in [1.807, 2.05) is 18.2 Å². The molecule has 1 N–H and O–H groups in total. The van der Waals surface area contributed by atoms with Gasteiger partial charge in [-0.2, -0.15) is 0 Å². The Hall–Kier alpha value is -1.22. The monoisotopic (exact) mass is 248 g/mol. The van der Waals surface area contributed by atoms with Gasteiger partial charge in [0.05, 0.1) is 13.2 Å². The summed E-state index contributed by atoms with van der Waals surface area (Å²) >= 11 is 0. The van der Waals surface area contributed by atoms with Crippen molar-refractivity contribution in [3.63, 3.8) is 0 Å². The average molecular weight is 248 g/mol. The third-order valence-electron chi connectivity index (χ3n) is 4.57. The van der Waals surface area contributed by atoms with Crippen LogP contribution in [0.3, 0.4) is 0 Å². The summed E-state index contributed by atoms with van der Waals surface area (Å²) in [7, 11) is 1.65. The Morgan fingerprint density at radius 2 is 2.28 bits per heavy atom. The van der Waals surface area contributed by atoms with E-state index >= 15 is 0 Å². The van der Waals surface area contributed by atoms with Crippen molar-refractivity contribution in [2.45, 2.75) is 44.3 Å². The van der Waals surface area contributed by atoms with Gasteiger partial charge in [0.15, 0.2) is 0 Å². The summed E-state index contributed by atoms with van der Waals surface area (Å²) in [4.78, 5) is 0. The van der Waals surface area contributed by atoms with E-state index in [0.717, 1.165) is 23.5 Å². The first-order chi connectivity index (χ1) is 8.64. The Morgan fingerprint density at radius 3 is 2.94 bits per heavy atom. The molecule has 3 unspecified atom stereocenters. The smallest absolute Gasteiger partial charge is 0.129 e.